The van der Waals surface area contributed by atoms with Gasteiger partial charge < -0.3 is 9.26 Å². The third kappa shape index (κ3) is 3.53. The second kappa shape index (κ2) is 6.90. The summed E-state index contributed by atoms with van der Waals surface area (Å²) in [4.78, 5) is -0.0473. The summed E-state index contributed by atoms with van der Waals surface area (Å²) in [6, 6.07) is 14.6. The van der Waals surface area contributed by atoms with Gasteiger partial charge in [-0.05, 0) is 43.3 Å². The van der Waals surface area contributed by atoms with Crippen LogP contribution in [0.2, 0.25) is 0 Å². The quantitative estimate of drug-likeness (QED) is 0.739. The van der Waals surface area contributed by atoms with Gasteiger partial charge in [0.15, 0.2) is 5.76 Å². The molecule has 0 amide bonds. The molecular weight excluding hydrogens is 354 g/mol. The van der Waals surface area contributed by atoms with E-state index in [0.717, 1.165) is 0 Å². The molecule has 8 heteroatoms. The van der Waals surface area contributed by atoms with Gasteiger partial charge in [0.05, 0.1) is 30.1 Å². The number of ether oxygens (including phenoxy) is 1. The van der Waals surface area contributed by atoms with E-state index in [1.807, 2.05) is 6.07 Å². The summed E-state index contributed by atoms with van der Waals surface area (Å²) in [5, 5.41) is 12.8. The van der Waals surface area contributed by atoms with Crippen molar-refractivity contribution >= 4 is 15.7 Å². The van der Waals surface area contributed by atoms with E-state index >= 15 is 0 Å². The van der Waals surface area contributed by atoms with E-state index in [9.17, 15) is 8.42 Å². The lowest BCUT2D eigenvalue weighted by atomic mass is 10.1. The molecule has 1 heterocycles. The Kier molecular flexibility index (Phi) is 4.65. The number of rotatable bonds is 5. The zero-order valence-electron chi connectivity index (χ0n) is 14.1. The molecule has 0 fully saturated rings. The lowest BCUT2D eigenvalue weighted by Crippen LogP contribution is -2.14. The van der Waals surface area contributed by atoms with Crippen LogP contribution in [0.25, 0.3) is 11.3 Å². The molecule has 7 nitrogen and oxygen atoms in total. The second-order valence-electron chi connectivity index (χ2n) is 5.50. The molecule has 0 aliphatic carbocycles. The largest absolute Gasteiger partial charge is 0.495 e. The van der Waals surface area contributed by atoms with Crippen molar-refractivity contribution in [1.82, 2.24) is 5.16 Å². The Morgan fingerprint density at radius 3 is 2.65 bits per heavy atom. The number of benzene rings is 2. The Hall–Kier alpha value is -3.31. The first-order valence-corrected chi connectivity index (χ1v) is 9.06. The van der Waals surface area contributed by atoms with E-state index in [-0.39, 0.29) is 16.3 Å². The summed E-state index contributed by atoms with van der Waals surface area (Å²) in [5.74, 6) is 0.641. The van der Waals surface area contributed by atoms with Gasteiger partial charge in [0.2, 0.25) is 0 Å². The van der Waals surface area contributed by atoms with Crippen LogP contribution in [0.5, 0.6) is 5.75 Å². The molecule has 1 aromatic heterocycles. The zero-order chi connectivity index (χ0) is 18.7. The molecule has 0 saturated carbocycles. The summed E-state index contributed by atoms with van der Waals surface area (Å²) in [7, 11) is -2.56. The predicted octanol–water partition coefficient (Wildman–Crippen LogP) is 3.33. The number of nitriles is 1. The van der Waals surface area contributed by atoms with E-state index in [1.165, 1.54) is 19.2 Å². The van der Waals surface area contributed by atoms with E-state index in [2.05, 4.69) is 9.88 Å². The average molecular weight is 369 g/mol. The van der Waals surface area contributed by atoms with Crippen LogP contribution in [0.1, 0.15) is 11.3 Å². The normalized spacial score (nSPS) is 11.0. The number of aromatic nitrogens is 1. The fourth-order valence-corrected chi connectivity index (χ4v) is 3.65. The van der Waals surface area contributed by atoms with Crippen molar-refractivity contribution in [2.24, 2.45) is 0 Å². The van der Waals surface area contributed by atoms with Gasteiger partial charge in [-0.25, -0.2) is 8.42 Å². The summed E-state index contributed by atoms with van der Waals surface area (Å²) >= 11 is 0. The zero-order valence-corrected chi connectivity index (χ0v) is 14.9. The first-order valence-electron chi connectivity index (χ1n) is 7.57. The van der Waals surface area contributed by atoms with Crippen molar-refractivity contribution in [3.8, 4) is 23.1 Å². The summed E-state index contributed by atoms with van der Waals surface area (Å²) in [6.07, 6.45) is 0. The topological polar surface area (TPSA) is 105 Å². The summed E-state index contributed by atoms with van der Waals surface area (Å²) in [5.41, 5.74) is 1.87. The number of sulfonamides is 1. The van der Waals surface area contributed by atoms with Crippen molar-refractivity contribution < 1.29 is 17.7 Å². The molecule has 132 valence electrons. The molecule has 26 heavy (non-hydrogen) atoms. The first-order chi connectivity index (χ1) is 12.4. The summed E-state index contributed by atoms with van der Waals surface area (Å²) < 4.78 is 38.6. The maximum atomic E-state index is 12.8. The molecule has 0 aliphatic rings. The summed E-state index contributed by atoms with van der Waals surface area (Å²) in [6.45, 7) is 1.78. The predicted molar refractivity (Wildman–Crippen MR) is 95.2 cm³/mol. The van der Waals surface area contributed by atoms with Crippen molar-refractivity contribution in [2.45, 2.75) is 11.8 Å². The van der Waals surface area contributed by atoms with Crippen molar-refractivity contribution in [2.75, 3.05) is 11.8 Å². The van der Waals surface area contributed by atoms with E-state index in [4.69, 9.17) is 14.5 Å². The number of anilines is 1. The third-order valence-electron chi connectivity index (χ3n) is 3.61. The number of aryl methyl sites for hydroxylation is 1. The van der Waals surface area contributed by atoms with Crippen molar-refractivity contribution in [3.63, 3.8) is 0 Å². The number of hydrogen-bond acceptors (Lipinski definition) is 6. The molecular formula is C18H15N3O4S. The molecule has 0 unspecified atom stereocenters. The molecule has 0 radical (unpaired) electrons. The molecule has 0 bridgehead atoms. The Morgan fingerprint density at radius 2 is 2.00 bits per heavy atom. The van der Waals surface area contributed by atoms with Gasteiger partial charge in [0, 0.05) is 11.6 Å². The Bertz CT molecular complexity index is 1100. The minimum atomic E-state index is -3.95. The molecule has 2 aromatic carbocycles. The monoisotopic (exact) mass is 369 g/mol. The van der Waals surface area contributed by atoms with Crippen LogP contribution in [0.15, 0.2) is 57.9 Å². The molecule has 0 spiro atoms. The van der Waals surface area contributed by atoms with Gasteiger partial charge in [-0.15, -0.1) is 0 Å². The molecule has 3 aromatic rings. The molecule has 0 aliphatic heterocycles. The van der Waals surface area contributed by atoms with E-state index in [0.29, 0.717) is 22.6 Å². The van der Waals surface area contributed by atoms with E-state index < -0.39 is 10.0 Å². The van der Waals surface area contributed by atoms with Gasteiger partial charge in [0.1, 0.15) is 10.6 Å². The number of hydrogen-bond donors (Lipinski definition) is 1. The van der Waals surface area contributed by atoms with Crippen LogP contribution in [0.4, 0.5) is 5.69 Å². The van der Waals surface area contributed by atoms with Crippen LogP contribution in [0.3, 0.4) is 0 Å². The number of nitrogens with one attached hydrogen (secondary N) is 1. The van der Waals surface area contributed by atoms with Crippen LogP contribution < -0.4 is 9.46 Å². The Morgan fingerprint density at radius 1 is 1.19 bits per heavy atom. The minimum absolute atomic E-state index is 0.0473. The first kappa shape index (κ1) is 17.5. The Balaban J connectivity index is 2.03. The molecule has 1 N–H and O–H groups in total. The van der Waals surface area contributed by atoms with Crippen LogP contribution in [0, 0.1) is 18.3 Å². The van der Waals surface area contributed by atoms with Gasteiger partial charge in [-0.1, -0.05) is 11.2 Å². The highest BCUT2D eigenvalue weighted by Gasteiger charge is 2.21. The second-order valence-corrected chi connectivity index (χ2v) is 7.15. The van der Waals surface area contributed by atoms with Crippen molar-refractivity contribution in [3.05, 3.63) is 59.8 Å². The maximum Gasteiger partial charge on any atom is 0.265 e. The Labute approximate surface area is 150 Å². The molecule has 3 rings (SSSR count). The molecule has 0 atom stereocenters. The molecule has 0 saturated heterocycles. The smallest absolute Gasteiger partial charge is 0.265 e. The average Bonchev–Trinajstić information content (AvgIpc) is 3.07. The fraction of sp³-hybridized carbons (Fsp3) is 0.111. The SMILES string of the molecule is COc1ccc(-c2cc(C)no2)cc1S(=O)(=O)Nc1cccc(C#N)c1. The minimum Gasteiger partial charge on any atom is -0.495 e. The van der Waals surface area contributed by atoms with E-state index in [1.54, 1.807) is 43.3 Å². The highest BCUT2D eigenvalue weighted by Crippen LogP contribution is 2.31. The third-order valence-corrected chi connectivity index (χ3v) is 5.01. The standard InChI is InChI=1S/C18H15N3O4S/c1-12-8-17(25-20-12)14-6-7-16(24-2)18(10-14)26(22,23)21-15-5-3-4-13(9-15)11-19/h3-10,21H,1-2H3. The van der Waals surface area contributed by atoms with Gasteiger partial charge >= 0.3 is 0 Å². The van der Waals surface area contributed by atoms with Gasteiger partial charge in [-0.3, -0.25) is 4.72 Å². The lowest BCUT2D eigenvalue weighted by molar-refractivity contribution is 0.402. The fourth-order valence-electron chi connectivity index (χ4n) is 2.40. The van der Waals surface area contributed by atoms with Gasteiger partial charge in [0.25, 0.3) is 10.0 Å². The van der Waals surface area contributed by atoms with Crippen LogP contribution >= 0.6 is 0 Å². The maximum absolute atomic E-state index is 12.8. The highest BCUT2D eigenvalue weighted by atomic mass is 32.2. The number of nitrogens with zero attached hydrogens (tertiary/aromatic N) is 2. The number of methoxy groups -OCH3 is 1. The van der Waals surface area contributed by atoms with Crippen LogP contribution in [-0.4, -0.2) is 20.7 Å². The van der Waals surface area contributed by atoms with Crippen LogP contribution in [-0.2, 0) is 10.0 Å². The lowest BCUT2D eigenvalue weighted by Gasteiger charge is -2.12. The van der Waals surface area contributed by atoms with Gasteiger partial charge in [-0.2, -0.15) is 5.26 Å². The highest BCUT2D eigenvalue weighted by molar-refractivity contribution is 7.92. The van der Waals surface area contributed by atoms with Crippen molar-refractivity contribution in [1.29, 1.82) is 5.26 Å².